The molecule has 4 rings (SSSR count). The zero-order valence-electron chi connectivity index (χ0n) is 16.0. The standard InChI is InChI=1S/C23H19N3O3/c1-15-14-19(16-6-4-3-5-7-16)20(26(15)2)21(27)22(28)25-18-10-8-17(9-11-18)23-24-12-13-29-23/h3-14H,1-2H3,(H,25,28). The number of Topliss-reactive ketones (excluding diaryl/α,β-unsaturated/α-hetero) is 1. The molecule has 4 aromatic rings. The summed E-state index contributed by atoms with van der Waals surface area (Å²) in [4.78, 5) is 29.7. The number of carbonyl (C=O) groups excluding carboxylic acids is 2. The number of anilines is 1. The summed E-state index contributed by atoms with van der Waals surface area (Å²) in [6.07, 6.45) is 3.06. The van der Waals surface area contributed by atoms with Gasteiger partial charge in [0.05, 0.1) is 6.20 Å². The molecule has 0 aliphatic rings. The second-order valence-corrected chi connectivity index (χ2v) is 6.67. The maximum Gasteiger partial charge on any atom is 0.298 e. The maximum atomic E-state index is 13.0. The van der Waals surface area contributed by atoms with Crippen LogP contribution in [0.2, 0.25) is 0 Å². The Balaban J connectivity index is 1.58. The van der Waals surface area contributed by atoms with Crippen LogP contribution in [0.4, 0.5) is 5.69 Å². The van der Waals surface area contributed by atoms with Crippen LogP contribution in [0, 0.1) is 6.92 Å². The molecule has 0 bridgehead atoms. The molecule has 1 N–H and O–H groups in total. The molecule has 6 heteroatoms. The van der Waals surface area contributed by atoms with Gasteiger partial charge in [0, 0.05) is 29.6 Å². The van der Waals surface area contributed by atoms with E-state index in [0.717, 1.165) is 22.4 Å². The topological polar surface area (TPSA) is 77.1 Å². The van der Waals surface area contributed by atoms with Gasteiger partial charge in [-0.15, -0.1) is 0 Å². The summed E-state index contributed by atoms with van der Waals surface area (Å²) in [7, 11) is 1.79. The number of hydrogen-bond acceptors (Lipinski definition) is 4. The first kappa shape index (κ1) is 18.4. The van der Waals surface area contributed by atoms with E-state index in [2.05, 4.69) is 10.3 Å². The van der Waals surface area contributed by atoms with Crippen molar-refractivity contribution in [2.24, 2.45) is 7.05 Å². The van der Waals surface area contributed by atoms with E-state index >= 15 is 0 Å². The summed E-state index contributed by atoms with van der Waals surface area (Å²) in [6.45, 7) is 1.91. The number of nitrogens with one attached hydrogen (secondary N) is 1. The van der Waals surface area contributed by atoms with Crippen LogP contribution >= 0.6 is 0 Å². The van der Waals surface area contributed by atoms with Crippen molar-refractivity contribution in [1.29, 1.82) is 0 Å². The summed E-state index contributed by atoms with van der Waals surface area (Å²) in [5.74, 6) is -0.783. The zero-order chi connectivity index (χ0) is 20.4. The number of benzene rings is 2. The molecule has 6 nitrogen and oxygen atoms in total. The molecule has 144 valence electrons. The average molecular weight is 385 g/mol. The van der Waals surface area contributed by atoms with E-state index in [0.29, 0.717) is 17.3 Å². The van der Waals surface area contributed by atoms with Crippen molar-refractivity contribution in [2.75, 3.05) is 5.32 Å². The zero-order valence-corrected chi connectivity index (χ0v) is 16.0. The van der Waals surface area contributed by atoms with Gasteiger partial charge in [-0.05, 0) is 42.8 Å². The lowest BCUT2D eigenvalue weighted by Crippen LogP contribution is -2.25. The molecule has 0 unspecified atom stereocenters. The van der Waals surface area contributed by atoms with Gasteiger partial charge in [-0.3, -0.25) is 9.59 Å². The van der Waals surface area contributed by atoms with Crippen LogP contribution in [0.1, 0.15) is 16.2 Å². The van der Waals surface area contributed by atoms with Gasteiger partial charge in [0.15, 0.2) is 0 Å². The highest BCUT2D eigenvalue weighted by molar-refractivity contribution is 6.47. The normalized spacial score (nSPS) is 10.7. The first-order valence-electron chi connectivity index (χ1n) is 9.12. The van der Waals surface area contributed by atoms with E-state index in [9.17, 15) is 9.59 Å². The predicted molar refractivity (Wildman–Crippen MR) is 110 cm³/mol. The Kier molecular flexibility index (Phi) is 4.83. The molecule has 1 amide bonds. The van der Waals surface area contributed by atoms with Crippen molar-refractivity contribution in [3.8, 4) is 22.6 Å². The number of oxazole rings is 1. The van der Waals surface area contributed by atoms with Gasteiger partial charge in [0.25, 0.3) is 11.7 Å². The Morgan fingerprint density at radius 2 is 1.72 bits per heavy atom. The van der Waals surface area contributed by atoms with Gasteiger partial charge in [0.1, 0.15) is 12.0 Å². The van der Waals surface area contributed by atoms with Gasteiger partial charge in [-0.1, -0.05) is 30.3 Å². The maximum absolute atomic E-state index is 13.0. The Labute approximate surface area is 167 Å². The molecule has 0 aliphatic carbocycles. The molecule has 0 saturated heterocycles. The van der Waals surface area contributed by atoms with Crippen LogP contribution in [0.3, 0.4) is 0 Å². The number of hydrogen-bond donors (Lipinski definition) is 1. The largest absolute Gasteiger partial charge is 0.445 e. The molecule has 0 fully saturated rings. The molecule has 29 heavy (non-hydrogen) atoms. The van der Waals surface area contributed by atoms with E-state index in [1.807, 2.05) is 43.3 Å². The highest BCUT2D eigenvalue weighted by Gasteiger charge is 2.25. The Hall–Kier alpha value is -3.93. The highest BCUT2D eigenvalue weighted by Crippen LogP contribution is 2.27. The van der Waals surface area contributed by atoms with Crippen molar-refractivity contribution in [3.05, 3.63) is 84.5 Å². The lowest BCUT2D eigenvalue weighted by Gasteiger charge is -2.09. The van der Waals surface area contributed by atoms with Crippen LogP contribution in [0.25, 0.3) is 22.6 Å². The summed E-state index contributed by atoms with van der Waals surface area (Å²) in [5.41, 5.74) is 4.19. The second-order valence-electron chi connectivity index (χ2n) is 6.67. The number of ketones is 1. The van der Waals surface area contributed by atoms with Crippen LogP contribution in [-0.2, 0) is 11.8 Å². The van der Waals surface area contributed by atoms with Crippen molar-refractivity contribution in [1.82, 2.24) is 9.55 Å². The van der Waals surface area contributed by atoms with Crippen LogP contribution in [0.15, 0.2) is 77.5 Å². The molecule has 0 aliphatic heterocycles. The molecular weight excluding hydrogens is 366 g/mol. The molecule has 2 heterocycles. The quantitative estimate of drug-likeness (QED) is 0.406. The minimum absolute atomic E-state index is 0.364. The summed E-state index contributed by atoms with van der Waals surface area (Å²) in [5, 5.41) is 2.68. The van der Waals surface area contributed by atoms with Gasteiger partial charge in [-0.25, -0.2) is 4.98 Å². The Morgan fingerprint density at radius 3 is 2.38 bits per heavy atom. The van der Waals surface area contributed by atoms with Gasteiger partial charge < -0.3 is 14.3 Å². The third kappa shape index (κ3) is 3.60. The highest BCUT2D eigenvalue weighted by atomic mass is 16.3. The summed E-state index contributed by atoms with van der Waals surface area (Å²) < 4.78 is 7.00. The fourth-order valence-corrected chi connectivity index (χ4v) is 3.20. The number of amides is 1. The fourth-order valence-electron chi connectivity index (χ4n) is 3.20. The molecule has 0 spiro atoms. The third-order valence-electron chi connectivity index (χ3n) is 4.80. The van der Waals surface area contributed by atoms with Gasteiger partial charge in [0.2, 0.25) is 5.89 Å². The number of rotatable bonds is 5. The van der Waals surface area contributed by atoms with E-state index in [4.69, 9.17) is 4.42 Å². The van der Waals surface area contributed by atoms with Crippen LogP contribution in [-0.4, -0.2) is 21.2 Å². The molecule has 0 atom stereocenters. The minimum atomic E-state index is -0.688. The minimum Gasteiger partial charge on any atom is -0.445 e. The van der Waals surface area contributed by atoms with Gasteiger partial charge in [-0.2, -0.15) is 0 Å². The van der Waals surface area contributed by atoms with Crippen molar-refractivity contribution in [2.45, 2.75) is 6.92 Å². The first-order chi connectivity index (χ1) is 14.0. The van der Waals surface area contributed by atoms with E-state index in [1.54, 1.807) is 42.1 Å². The van der Waals surface area contributed by atoms with Crippen molar-refractivity contribution >= 4 is 17.4 Å². The smallest absolute Gasteiger partial charge is 0.298 e. The Morgan fingerprint density at radius 1 is 1.00 bits per heavy atom. The Bertz CT molecular complexity index is 1160. The number of aromatic nitrogens is 2. The number of nitrogens with zero attached hydrogens (tertiary/aromatic N) is 2. The summed E-state index contributed by atoms with van der Waals surface area (Å²) >= 11 is 0. The fraction of sp³-hybridized carbons (Fsp3) is 0.0870. The molecule has 0 saturated carbocycles. The van der Waals surface area contributed by atoms with E-state index in [1.165, 1.54) is 6.26 Å². The second kappa shape index (κ2) is 7.59. The predicted octanol–water partition coefficient (Wildman–Crippen LogP) is 4.48. The van der Waals surface area contributed by atoms with Crippen molar-refractivity contribution in [3.63, 3.8) is 0 Å². The number of carbonyl (C=O) groups is 2. The SMILES string of the molecule is Cc1cc(-c2ccccc2)c(C(=O)C(=O)Nc2ccc(-c3ncco3)cc2)n1C. The van der Waals surface area contributed by atoms with Crippen molar-refractivity contribution < 1.29 is 14.0 Å². The van der Waals surface area contributed by atoms with Crippen LogP contribution < -0.4 is 5.32 Å². The molecular formula is C23H19N3O3. The average Bonchev–Trinajstić information content (AvgIpc) is 3.38. The lowest BCUT2D eigenvalue weighted by atomic mass is 10.0. The molecule has 2 aromatic heterocycles. The number of aryl methyl sites for hydroxylation is 1. The van der Waals surface area contributed by atoms with E-state index in [-0.39, 0.29) is 0 Å². The van der Waals surface area contributed by atoms with E-state index < -0.39 is 11.7 Å². The molecule has 2 aromatic carbocycles. The third-order valence-corrected chi connectivity index (χ3v) is 4.80. The molecule has 0 radical (unpaired) electrons. The summed E-state index contributed by atoms with van der Waals surface area (Å²) in [6, 6.07) is 18.4. The first-order valence-corrected chi connectivity index (χ1v) is 9.12. The monoisotopic (exact) mass is 385 g/mol. The lowest BCUT2D eigenvalue weighted by molar-refractivity contribution is -0.112. The van der Waals surface area contributed by atoms with Gasteiger partial charge >= 0.3 is 0 Å². The van der Waals surface area contributed by atoms with Crippen LogP contribution in [0.5, 0.6) is 0 Å².